The van der Waals surface area contributed by atoms with Crippen LogP contribution in [0.1, 0.15) is 111 Å². The van der Waals surface area contributed by atoms with Crippen LogP contribution in [0, 0.1) is 23.7 Å². The van der Waals surface area contributed by atoms with Crippen molar-refractivity contribution >= 4 is 41.4 Å². The topological polar surface area (TPSA) is 226 Å². The van der Waals surface area contributed by atoms with E-state index in [1.165, 1.54) is 14.2 Å². The Balaban J connectivity index is 1.22. The molecular formula is C49H77N7O10. The van der Waals surface area contributed by atoms with Crippen LogP contribution in [-0.2, 0) is 49.5 Å². The number of benzene rings is 1. The molecule has 12 atom stereocenters. The lowest BCUT2D eigenvalue weighted by atomic mass is 9.89. The molecule has 3 heterocycles. The number of nitrogens with one attached hydrogen (secondary N) is 4. The van der Waals surface area contributed by atoms with Gasteiger partial charge in [-0.05, 0) is 68.3 Å². The molecule has 0 aromatic heterocycles. The standard InChI is InChI=1S/C49H77N7O10/c1-9-30(4)42(38(65-7)27-40(58)55-24-16-19-37(55)44(66-8)31(5)45(59)52-35(49(63)64)25-32-17-12-10-13-18-32)54(6)48(62)41(29(2)3)53-47(61)43-33-21-22-34(26-33)56(43)39(57)20-14-11-15-23-50-46(60)36-28-51-36/h10,12-13,17-18,29-31,33-38,41-44,51H,9,11,14-16,19-28H2,1-8H3,(H,50,60)(H,52,59)(H,53,61)(H,63,64)/t30-,31+,33-,34+,35-,36+,37-,38+,41-,42-,43-,44+/m0/s1. The minimum Gasteiger partial charge on any atom is -0.480 e. The molecule has 17 nitrogen and oxygen atoms in total. The highest BCUT2D eigenvalue weighted by Gasteiger charge is 2.52. The van der Waals surface area contributed by atoms with Gasteiger partial charge in [0.1, 0.15) is 18.1 Å². The van der Waals surface area contributed by atoms with Crippen LogP contribution in [0.4, 0.5) is 0 Å². The Labute approximate surface area is 391 Å². The second-order valence-electron chi connectivity index (χ2n) is 19.4. The van der Waals surface area contributed by atoms with E-state index in [1.807, 2.05) is 58.0 Å². The Kier molecular flexibility index (Phi) is 19.4. The number of rotatable bonds is 26. The van der Waals surface area contributed by atoms with Crippen molar-refractivity contribution in [2.75, 3.05) is 40.9 Å². The first-order chi connectivity index (χ1) is 31.5. The third-order valence-electron chi connectivity index (χ3n) is 14.6. The molecule has 3 saturated heterocycles. The fourth-order valence-electron chi connectivity index (χ4n) is 10.6. The van der Waals surface area contributed by atoms with E-state index in [2.05, 4.69) is 21.3 Å². The number of hydrogen-bond donors (Lipinski definition) is 5. The SMILES string of the molecule is CC[C@H](C)[C@@H]([C@@H](CC(=O)N1CCC[C@H]1[C@H](OC)[C@@H](C)C(=O)N[C@@H](Cc1ccccc1)C(=O)O)OC)N(C)C(=O)[C@@H](NC(=O)[C@@H]1[C@H]2CC[C@H](C2)N1C(=O)CCCCCNC(=O)[C@H]1CN1)C(C)C. The smallest absolute Gasteiger partial charge is 0.326 e. The first-order valence-corrected chi connectivity index (χ1v) is 24.3. The molecule has 1 saturated carbocycles. The largest absolute Gasteiger partial charge is 0.480 e. The van der Waals surface area contributed by atoms with Crippen LogP contribution < -0.4 is 21.3 Å². The Morgan fingerprint density at radius 1 is 0.909 bits per heavy atom. The molecular weight excluding hydrogens is 847 g/mol. The van der Waals surface area contributed by atoms with Crippen molar-refractivity contribution in [1.82, 2.24) is 36.0 Å². The highest BCUT2D eigenvalue weighted by molar-refractivity contribution is 5.93. The third kappa shape index (κ3) is 13.1. The first-order valence-electron chi connectivity index (χ1n) is 24.3. The predicted octanol–water partition coefficient (Wildman–Crippen LogP) is 2.89. The number of likely N-dealkylation sites (N-methyl/N-ethyl adjacent to an activating group) is 1. The maximum absolute atomic E-state index is 14.6. The number of nitrogens with zero attached hydrogens (tertiary/aromatic N) is 3. The van der Waals surface area contributed by atoms with Crippen molar-refractivity contribution in [1.29, 1.82) is 0 Å². The normalized spacial score (nSPS) is 24.2. The van der Waals surface area contributed by atoms with Gasteiger partial charge in [0.25, 0.3) is 0 Å². The van der Waals surface area contributed by atoms with Gasteiger partial charge in [0.15, 0.2) is 0 Å². The van der Waals surface area contributed by atoms with E-state index in [0.717, 1.165) is 37.7 Å². The number of carboxylic acid groups (broad SMARTS) is 1. The molecule has 0 spiro atoms. The number of likely N-dealkylation sites (tertiary alicyclic amines) is 2. The van der Waals surface area contributed by atoms with Crippen LogP contribution in [-0.4, -0.2) is 157 Å². The Bertz CT molecular complexity index is 1830. The highest BCUT2D eigenvalue weighted by Crippen LogP contribution is 2.43. The van der Waals surface area contributed by atoms with Gasteiger partial charge in [0.2, 0.25) is 35.4 Å². The van der Waals surface area contributed by atoms with Gasteiger partial charge in [-0.1, -0.05) is 77.8 Å². The summed E-state index contributed by atoms with van der Waals surface area (Å²) >= 11 is 0. The number of piperidine rings is 1. The van der Waals surface area contributed by atoms with E-state index < -0.39 is 60.2 Å². The number of fused-ring (bicyclic) bond motifs is 2. The average Bonchev–Trinajstić information content (AvgIpc) is 3.67. The van der Waals surface area contributed by atoms with Gasteiger partial charge in [-0.25, -0.2) is 4.79 Å². The lowest BCUT2D eigenvalue weighted by Crippen LogP contribution is -2.60. The predicted molar refractivity (Wildman–Crippen MR) is 248 cm³/mol. The van der Waals surface area contributed by atoms with Gasteiger partial charge in [-0.15, -0.1) is 0 Å². The Morgan fingerprint density at radius 2 is 1.62 bits per heavy atom. The third-order valence-corrected chi connectivity index (χ3v) is 14.6. The van der Waals surface area contributed by atoms with Gasteiger partial charge in [-0.2, -0.15) is 0 Å². The number of carboxylic acids is 1. The molecule has 368 valence electrons. The quantitative estimate of drug-likeness (QED) is 0.0671. The molecule has 6 amide bonds. The summed E-state index contributed by atoms with van der Waals surface area (Å²) < 4.78 is 12.0. The van der Waals surface area contributed by atoms with Crippen molar-refractivity contribution in [2.24, 2.45) is 23.7 Å². The minimum atomic E-state index is -1.15. The molecule has 0 radical (unpaired) electrons. The fraction of sp³-hybridized carbons (Fsp3) is 0.735. The average molecular weight is 924 g/mol. The van der Waals surface area contributed by atoms with Crippen molar-refractivity contribution in [2.45, 2.75) is 166 Å². The van der Waals surface area contributed by atoms with Gasteiger partial charge in [0.05, 0.1) is 42.7 Å². The molecule has 1 aromatic carbocycles. The molecule has 5 N–H and O–H groups in total. The number of carbonyl (C=O) groups excluding carboxylic acids is 6. The zero-order valence-corrected chi connectivity index (χ0v) is 40.5. The summed E-state index contributed by atoms with van der Waals surface area (Å²) in [7, 11) is 4.71. The maximum atomic E-state index is 14.6. The lowest BCUT2D eigenvalue weighted by molar-refractivity contribution is -0.149. The van der Waals surface area contributed by atoms with Crippen LogP contribution in [0.5, 0.6) is 0 Å². The Morgan fingerprint density at radius 3 is 2.24 bits per heavy atom. The molecule has 1 aromatic rings. The summed E-state index contributed by atoms with van der Waals surface area (Å²) in [4.78, 5) is 99.8. The van der Waals surface area contributed by atoms with Crippen LogP contribution >= 0.6 is 0 Å². The van der Waals surface area contributed by atoms with Crippen molar-refractivity contribution in [3.63, 3.8) is 0 Å². The second-order valence-corrected chi connectivity index (χ2v) is 19.4. The summed E-state index contributed by atoms with van der Waals surface area (Å²) in [6, 6.07) is 5.29. The van der Waals surface area contributed by atoms with E-state index in [0.29, 0.717) is 51.7 Å². The molecule has 2 bridgehead atoms. The number of amides is 6. The number of unbranched alkanes of at least 4 members (excludes halogenated alkanes) is 2. The molecule has 3 aliphatic heterocycles. The summed E-state index contributed by atoms with van der Waals surface area (Å²) in [5, 5.41) is 21.6. The monoisotopic (exact) mass is 924 g/mol. The lowest BCUT2D eigenvalue weighted by Gasteiger charge is -2.41. The van der Waals surface area contributed by atoms with Crippen molar-refractivity contribution in [3.8, 4) is 0 Å². The Hall–Kier alpha value is -4.61. The van der Waals surface area contributed by atoms with Crippen molar-refractivity contribution in [3.05, 3.63) is 35.9 Å². The number of aliphatic carboxylic acids is 1. The van der Waals surface area contributed by atoms with Crippen molar-refractivity contribution < 1.29 is 48.1 Å². The second kappa shape index (κ2) is 24.4. The van der Waals surface area contributed by atoms with Gasteiger partial charge in [-0.3, -0.25) is 28.8 Å². The van der Waals surface area contributed by atoms with Gasteiger partial charge < -0.3 is 50.5 Å². The molecule has 1 aliphatic carbocycles. The maximum Gasteiger partial charge on any atom is 0.326 e. The number of hydrogen-bond acceptors (Lipinski definition) is 10. The summed E-state index contributed by atoms with van der Waals surface area (Å²) in [6.45, 7) is 11.2. The summed E-state index contributed by atoms with van der Waals surface area (Å²) in [6.07, 6.45) is 5.55. The molecule has 4 aliphatic rings. The van der Waals surface area contributed by atoms with Crippen LogP contribution in [0.2, 0.25) is 0 Å². The van der Waals surface area contributed by atoms with Crippen LogP contribution in [0.15, 0.2) is 30.3 Å². The van der Waals surface area contributed by atoms with E-state index in [1.54, 1.807) is 28.7 Å². The molecule has 0 unspecified atom stereocenters. The molecule has 4 fully saturated rings. The number of ether oxygens (including phenoxy) is 2. The minimum absolute atomic E-state index is 0.00167. The van der Waals surface area contributed by atoms with Gasteiger partial charge in [0, 0.05) is 59.8 Å². The van der Waals surface area contributed by atoms with E-state index in [-0.39, 0.29) is 72.2 Å². The number of methoxy groups -OCH3 is 2. The number of carbonyl (C=O) groups is 7. The van der Waals surface area contributed by atoms with Gasteiger partial charge >= 0.3 is 5.97 Å². The highest BCUT2D eigenvalue weighted by atomic mass is 16.5. The van der Waals surface area contributed by atoms with E-state index in [4.69, 9.17) is 9.47 Å². The molecule has 5 rings (SSSR count). The van der Waals surface area contributed by atoms with Crippen LogP contribution in [0.3, 0.4) is 0 Å². The molecule has 17 heteroatoms. The van der Waals surface area contributed by atoms with E-state index in [9.17, 15) is 38.7 Å². The zero-order valence-electron chi connectivity index (χ0n) is 40.5. The zero-order chi connectivity index (χ0) is 48.2. The summed E-state index contributed by atoms with van der Waals surface area (Å²) in [5.41, 5.74) is 0.773. The first kappa shape index (κ1) is 52.4. The molecule has 66 heavy (non-hydrogen) atoms. The fourth-order valence-corrected chi connectivity index (χ4v) is 10.6. The summed E-state index contributed by atoms with van der Waals surface area (Å²) in [5.74, 6) is -3.68. The van der Waals surface area contributed by atoms with E-state index >= 15 is 0 Å². The van der Waals surface area contributed by atoms with Crippen LogP contribution in [0.25, 0.3) is 0 Å².